The lowest BCUT2D eigenvalue weighted by Crippen LogP contribution is -2.05. The molecule has 1 aromatic rings. The number of esters is 1. The van der Waals surface area contributed by atoms with Gasteiger partial charge in [-0.3, -0.25) is 14.9 Å². The zero-order valence-electron chi connectivity index (χ0n) is 7.75. The highest BCUT2D eigenvalue weighted by Gasteiger charge is 2.05. The smallest absolute Gasteiger partial charge is 0.315 e. The molecular weight excluding hydrogens is 218 g/mol. The quantitative estimate of drug-likeness (QED) is 0.367. The summed E-state index contributed by atoms with van der Waals surface area (Å²) in [5.41, 5.74) is 0.718. The highest BCUT2D eigenvalue weighted by atomic mass is 32.1. The topological polar surface area (TPSA) is 69.4 Å². The molecule has 0 bridgehead atoms. The van der Waals surface area contributed by atoms with Gasteiger partial charge < -0.3 is 4.74 Å². The molecule has 5 nitrogen and oxygen atoms in total. The summed E-state index contributed by atoms with van der Waals surface area (Å²) in [6.07, 6.45) is 0. The summed E-state index contributed by atoms with van der Waals surface area (Å²) < 4.78 is 4.79. The van der Waals surface area contributed by atoms with E-state index >= 15 is 0 Å². The van der Waals surface area contributed by atoms with E-state index in [1.807, 2.05) is 0 Å². The summed E-state index contributed by atoms with van der Waals surface area (Å²) in [7, 11) is 0. The Morgan fingerprint density at radius 2 is 2.00 bits per heavy atom. The molecule has 0 saturated carbocycles. The van der Waals surface area contributed by atoms with E-state index < -0.39 is 10.9 Å². The minimum Gasteiger partial charge on any atom is -0.460 e. The maximum absolute atomic E-state index is 10.8. The van der Waals surface area contributed by atoms with Crippen molar-refractivity contribution in [2.45, 2.75) is 6.61 Å². The number of hydrogen-bond acceptors (Lipinski definition) is 5. The fourth-order valence-corrected chi connectivity index (χ4v) is 1.01. The van der Waals surface area contributed by atoms with Crippen LogP contribution in [0.1, 0.15) is 5.56 Å². The molecule has 0 spiro atoms. The Labute approximate surface area is 91.6 Å². The number of nitro benzene ring substituents is 1. The molecule has 0 aromatic heterocycles. The van der Waals surface area contributed by atoms with Crippen molar-refractivity contribution in [1.82, 2.24) is 0 Å². The van der Waals surface area contributed by atoms with Gasteiger partial charge >= 0.3 is 5.97 Å². The molecule has 0 aliphatic rings. The van der Waals surface area contributed by atoms with Gasteiger partial charge in [-0.25, -0.2) is 0 Å². The zero-order valence-corrected chi connectivity index (χ0v) is 8.65. The van der Waals surface area contributed by atoms with E-state index in [1.54, 1.807) is 12.1 Å². The van der Waals surface area contributed by atoms with E-state index in [0.29, 0.717) is 5.56 Å². The number of nitro groups is 1. The van der Waals surface area contributed by atoms with Crippen molar-refractivity contribution in [3.05, 3.63) is 39.9 Å². The van der Waals surface area contributed by atoms with Crippen LogP contribution >= 0.6 is 12.6 Å². The number of carbonyl (C=O) groups is 1. The van der Waals surface area contributed by atoms with E-state index in [9.17, 15) is 14.9 Å². The molecule has 6 heteroatoms. The van der Waals surface area contributed by atoms with Crippen LogP contribution in [0.15, 0.2) is 24.3 Å². The summed E-state index contributed by atoms with van der Waals surface area (Å²) in [6.45, 7) is 0.109. The first-order chi connectivity index (χ1) is 7.13. The van der Waals surface area contributed by atoms with Crippen molar-refractivity contribution in [2.75, 3.05) is 5.75 Å². The second-order valence-electron chi connectivity index (χ2n) is 2.74. The van der Waals surface area contributed by atoms with Crippen molar-refractivity contribution < 1.29 is 14.5 Å². The number of carbonyl (C=O) groups excluding carboxylic acids is 1. The molecule has 0 radical (unpaired) electrons. The predicted octanol–water partition coefficient (Wildman–Crippen LogP) is 1.57. The van der Waals surface area contributed by atoms with Gasteiger partial charge in [-0.15, -0.1) is 0 Å². The molecule has 0 aliphatic heterocycles. The third-order valence-corrected chi connectivity index (χ3v) is 1.93. The van der Waals surface area contributed by atoms with Crippen molar-refractivity contribution in [3.63, 3.8) is 0 Å². The summed E-state index contributed by atoms with van der Waals surface area (Å²) in [6, 6.07) is 5.82. The van der Waals surface area contributed by atoms with Gasteiger partial charge in [0.25, 0.3) is 5.69 Å². The summed E-state index contributed by atoms with van der Waals surface area (Å²) >= 11 is 3.74. The Morgan fingerprint density at radius 3 is 2.47 bits per heavy atom. The summed E-state index contributed by atoms with van der Waals surface area (Å²) in [5.74, 6) is -0.399. The van der Waals surface area contributed by atoms with Gasteiger partial charge in [0.1, 0.15) is 6.61 Å². The Bertz CT molecular complexity index is 363. The second-order valence-corrected chi connectivity index (χ2v) is 3.06. The second kappa shape index (κ2) is 5.35. The van der Waals surface area contributed by atoms with Crippen LogP contribution in [0.25, 0.3) is 0 Å². The van der Waals surface area contributed by atoms with Gasteiger partial charge in [-0.05, 0) is 17.7 Å². The molecule has 0 fully saturated rings. The van der Waals surface area contributed by atoms with Gasteiger partial charge in [0, 0.05) is 12.1 Å². The third-order valence-electron chi connectivity index (χ3n) is 1.68. The predicted molar refractivity (Wildman–Crippen MR) is 56.7 cm³/mol. The Hall–Kier alpha value is -1.56. The average Bonchev–Trinajstić information content (AvgIpc) is 2.26. The SMILES string of the molecule is O=C(CS)OCc1ccc([N+](=O)[O-])cc1. The summed E-state index contributed by atoms with van der Waals surface area (Å²) in [4.78, 5) is 20.6. The fraction of sp³-hybridized carbons (Fsp3) is 0.222. The normalized spacial score (nSPS) is 9.67. The molecule has 1 rings (SSSR count). The van der Waals surface area contributed by atoms with Crippen LogP contribution in [0.5, 0.6) is 0 Å². The molecule has 0 atom stereocenters. The molecule has 80 valence electrons. The Balaban J connectivity index is 2.57. The van der Waals surface area contributed by atoms with Crippen LogP contribution in [-0.4, -0.2) is 16.6 Å². The molecular formula is C9H9NO4S. The number of benzene rings is 1. The largest absolute Gasteiger partial charge is 0.460 e. The minimum absolute atomic E-state index is 0.0132. The maximum Gasteiger partial charge on any atom is 0.315 e. The maximum atomic E-state index is 10.8. The molecule has 0 saturated heterocycles. The lowest BCUT2D eigenvalue weighted by molar-refractivity contribution is -0.384. The van der Waals surface area contributed by atoms with Crippen LogP contribution in [0.2, 0.25) is 0 Å². The molecule has 15 heavy (non-hydrogen) atoms. The fourth-order valence-electron chi connectivity index (χ4n) is 0.923. The molecule has 0 amide bonds. The highest BCUT2D eigenvalue weighted by molar-refractivity contribution is 7.81. The van der Waals surface area contributed by atoms with E-state index in [1.165, 1.54) is 12.1 Å². The van der Waals surface area contributed by atoms with Crippen molar-refractivity contribution in [3.8, 4) is 0 Å². The van der Waals surface area contributed by atoms with E-state index in [-0.39, 0.29) is 18.0 Å². The third kappa shape index (κ3) is 3.59. The Morgan fingerprint density at radius 1 is 1.40 bits per heavy atom. The molecule has 0 aliphatic carbocycles. The number of hydrogen-bond donors (Lipinski definition) is 1. The van der Waals surface area contributed by atoms with Crippen LogP contribution in [-0.2, 0) is 16.1 Å². The van der Waals surface area contributed by atoms with Crippen LogP contribution in [0.3, 0.4) is 0 Å². The first-order valence-corrected chi connectivity index (χ1v) is 4.76. The van der Waals surface area contributed by atoms with Gasteiger partial charge in [0.05, 0.1) is 10.7 Å². The lowest BCUT2D eigenvalue weighted by atomic mass is 10.2. The number of nitrogens with zero attached hydrogens (tertiary/aromatic N) is 1. The first kappa shape index (κ1) is 11.5. The van der Waals surface area contributed by atoms with Gasteiger partial charge in [-0.1, -0.05) is 0 Å². The number of non-ortho nitro benzene ring substituents is 1. The zero-order chi connectivity index (χ0) is 11.3. The van der Waals surface area contributed by atoms with Gasteiger partial charge in [0.15, 0.2) is 0 Å². The number of ether oxygens (including phenoxy) is 1. The van der Waals surface area contributed by atoms with Crippen molar-refractivity contribution >= 4 is 24.3 Å². The van der Waals surface area contributed by atoms with Crippen LogP contribution in [0, 0.1) is 10.1 Å². The van der Waals surface area contributed by atoms with Crippen LogP contribution in [0.4, 0.5) is 5.69 Å². The van der Waals surface area contributed by atoms with Crippen LogP contribution < -0.4 is 0 Å². The first-order valence-electron chi connectivity index (χ1n) is 4.13. The van der Waals surface area contributed by atoms with Gasteiger partial charge in [0.2, 0.25) is 0 Å². The molecule has 0 heterocycles. The van der Waals surface area contributed by atoms with Crippen molar-refractivity contribution in [1.29, 1.82) is 0 Å². The Kier molecular flexibility index (Phi) is 4.11. The molecule has 0 N–H and O–H groups in total. The van der Waals surface area contributed by atoms with Gasteiger partial charge in [-0.2, -0.15) is 12.6 Å². The van der Waals surface area contributed by atoms with E-state index in [4.69, 9.17) is 4.74 Å². The summed E-state index contributed by atoms with van der Waals surface area (Å²) in [5, 5.41) is 10.3. The minimum atomic E-state index is -0.483. The lowest BCUT2D eigenvalue weighted by Gasteiger charge is -2.02. The number of thiol groups is 1. The van der Waals surface area contributed by atoms with E-state index in [2.05, 4.69) is 12.6 Å². The van der Waals surface area contributed by atoms with E-state index in [0.717, 1.165) is 0 Å². The monoisotopic (exact) mass is 227 g/mol. The average molecular weight is 227 g/mol. The standard InChI is InChI=1S/C9H9NO4S/c11-9(6-15)14-5-7-1-3-8(4-2-7)10(12)13/h1-4,15H,5-6H2. The molecule has 1 aromatic carbocycles. The number of rotatable bonds is 4. The highest BCUT2D eigenvalue weighted by Crippen LogP contribution is 2.12. The van der Waals surface area contributed by atoms with Crippen molar-refractivity contribution in [2.24, 2.45) is 0 Å². The molecule has 0 unspecified atom stereocenters.